The van der Waals surface area contributed by atoms with E-state index in [4.69, 9.17) is 9.47 Å². The van der Waals surface area contributed by atoms with Gasteiger partial charge in [0, 0.05) is 13.1 Å². The number of carbonyl (C=O) groups is 4. The highest BCUT2D eigenvalue weighted by atomic mass is 127. The molecule has 2 aliphatic heterocycles. The predicted molar refractivity (Wildman–Crippen MR) is 132 cm³/mol. The van der Waals surface area contributed by atoms with Crippen LogP contribution in [0.4, 0.5) is 4.79 Å². The molecule has 0 N–H and O–H groups in total. The first-order chi connectivity index (χ1) is 14.8. The van der Waals surface area contributed by atoms with Crippen LogP contribution in [0.2, 0.25) is 0 Å². The van der Waals surface area contributed by atoms with Gasteiger partial charge in [0.25, 0.3) is 11.1 Å². The Morgan fingerprint density at radius 2 is 1.81 bits per heavy atom. The molecule has 31 heavy (non-hydrogen) atoms. The standard InChI is InChI=1S/C20H20I2N2O6S/c1-2-29-17(26)11-30-18-13(21)7-12(8-14(18)22)9-15-19(27)24(20(28)31-15)10-16(25)23-5-3-4-6-23/h7-9H,2-6,10-11H2,1H3/b15-9+. The van der Waals surface area contributed by atoms with Crippen molar-refractivity contribution in [2.75, 3.05) is 32.8 Å². The second-order valence-corrected chi connectivity index (χ2v) is 10.1. The number of carbonyl (C=O) groups excluding carboxylic acids is 4. The zero-order valence-corrected chi connectivity index (χ0v) is 21.8. The Kier molecular flexibility index (Phi) is 8.61. The van der Waals surface area contributed by atoms with E-state index in [9.17, 15) is 19.2 Å². The van der Waals surface area contributed by atoms with E-state index < -0.39 is 17.1 Å². The normalized spacial score (nSPS) is 17.6. The molecule has 1 aromatic rings. The van der Waals surface area contributed by atoms with E-state index in [1.54, 1.807) is 30.0 Å². The molecule has 166 valence electrons. The van der Waals surface area contributed by atoms with Gasteiger partial charge in [-0.25, -0.2) is 4.79 Å². The summed E-state index contributed by atoms with van der Waals surface area (Å²) < 4.78 is 11.9. The van der Waals surface area contributed by atoms with Crippen LogP contribution in [0.1, 0.15) is 25.3 Å². The lowest BCUT2D eigenvalue weighted by molar-refractivity contribution is -0.145. The van der Waals surface area contributed by atoms with Gasteiger partial charge < -0.3 is 14.4 Å². The summed E-state index contributed by atoms with van der Waals surface area (Å²) >= 11 is 5.00. The second-order valence-electron chi connectivity index (χ2n) is 6.76. The highest BCUT2D eigenvalue weighted by Crippen LogP contribution is 2.35. The number of hydrogen-bond donors (Lipinski definition) is 0. The number of likely N-dealkylation sites (tertiary alicyclic amines) is 1. The third-order valence-corrected chi connectivity index (χ3v) is 7.09. The van der Waals surface area contributed by atoms with E-state index in [1.165, 1.54) is 0 Å². The third kappa shape index (κ3) is 6.12. The average molecular weight is 670 g/mol. The molecule has 0 bridgehead atoms. The first-order valence-corrected chi connectivity index (χ1v) is 12.6. The number of rotatable bonds is 7. The summed E-state index contributed by atoms with van der Waals surface area (Å²) in [6.07, 6.45) is 3.53. The average Bonchev–Trinajstić information content (AvgIpc) is 3.33. The number of halogens is 2. The van der Waals surface area contributed by atoms with Gasteiger partial charge in [0.15, 0.2) is 6.61 Å². The molecule has 3 rings (SSSR count). The van der Waals surface area contributed by atoms with Crippen LogP contribution in [0, 0.1) is 7.14 Å². The van der Waals surface area contributed by atoms with Crippen LogP contribution in [0.3, 0.4) is 0 Å². The number of esters is 1. The molecule has 8 nitrogen and oxygen atoms in total. The first kappa shape index (κ1) is 24.3. The van der Waals surface area contributed by atoms with Crippen LogP contribution in [0.15, 0.2) is 17.0 Å². The van der Waals surface area contributed by atoms with E-state index in [0.29, 0.717) is 24.4 Å². The Bertz CT molecular complexity index is 923. The van der Waals surface area contributed by atoms with Crippen molar-refractivity contribution < 1.29 is 28.7 Å². The highest BCUT2D eigenvalue weighted by Gasteiger charge is 2.37. The second kappa shape index (κ2) is 11.0. The number of benzene rings is 1. The minimum absolute atomic E-state index is 0.191. The summed E-state index contributed by atoms with van der Waals surface area (Å²) in [5, 5.41) is -0.442. The van der Waals surface area contributed by atoms with Gasteiger partial charge in [-0.1, -0.05) is 0 Å². The Morgan fingerprint density at radius 1 is 1.16 bits per heavy atom. The fourth-order valence-corrected chi connectivity index (χ4v) is 6.09. The molecule has 2 aliphatic rings. The van der Waals surface area contributed by atoms with Crippen LogP contribution < -0.4 is 4.74 Å². The molecule has 0 aliphatic carbocycles. The van der Waals surface area contributed by atoms with Gasteiger partial charge in [-0.05, 0) is 100 Å². The minimum Gasteiger partial charge on any atom is -0.480 e. The van der Waals surface area contributed by atoms with E-state index in [2.05, 4.69) is 45.2 Å². The van der Waals surface area contributed by atoms with E-state index in [-0.39, 0.29) is 30.6 Å². The van der Waals surface area contributed by atoms with Crippen molar-refractivity contribution >= 4 is 86.0 Å². The Morgan fingerprint density at radius 3 is 2.42 bits per heavy atom. The summed E-state index contributed by atoms with van der Waals surface area (Å²) in [6, 6.07) is 3.60. The summed E-state index contributed by atoms with van der Waals surface area (Å²) in [4.78, 5) is 51.9. The monoisotopic (exact) mass is 670 g/mol. The Balaban J connectivity index is 1.71. The van der Waals surface area contributed by atoms with Crippen molar-refractivity contribution in [2.45, 2.75) is 19.8 Å². The highest BCUT2D eigenvalue weighted by molar-refractivity contribution is 14.1. The molecular weight excluding hydrogens is 650 g/mol. The molecule has 11 heteroatoms. The summed E-state index contributed by atoms with van der Waals surface area (Å²) in [5.74, 6) is -0.561. The van der Waals surface area contributed by atoms with E-state index in [0.717, 1.165) is 36.6 Å². The van der Waals surface area contributed by atoms with Gasteiger partial charge in [0.05, 0.1) is 18.7 Å². The Labute approximate surface area is 211 Å². The van der Waals surface area contributed by atoms with Gasteiger partial charge in [-0.2, -0.15) is 0 Å². The van der Waals surface area contributed by atoms with Gasteiger partial charge >= 0.3 is 5.97 Å². The molecule has 0 unspecified atom stereocenters. The number of imide groups is 1. The lowest BCUT2D eigenvalue weighted by Crippen LogP contribution is -2.40. The van der Waals surface area contributed by atoms with Crippen molar-refractivity contribution in [1.29, 1.82) is 0 Å². The molecule has 2 fully saturated rings. The van der Waals surface area contributed by atoms with Gasteiger partial charge in [0.2, 0.25) is 5.91 Å². The largest absolute Gasteiger partial charge is 0.480 e. The maximum Gasteiger partial charge on any atom is 0.344 e. The zero-order chi connectivity index (χ0) is 22.5. The molecule has 2 saturated heterocycles. The molecule has 2 heterocycles. The zero-order valence-electron chi connectivity index (χ0n) is 16.7. The summed E-state index contributed by atoms with van der Waals surface area (Å²) in [5.41, 5.74) is 0.716. The molecule has 0 radical (unpaired) electrons. The molecule has 0 atom stereocenters. The third-order valence-electron chi connectivity index (χ3n) is 4.58. The van der Waals surface area contributed by atoms with Gasteiger partial charge in [-0.15, -0.1) is 0 Å². The topological polar surface area (TPSA) is 93.2 Å². The smallest absolute Gasteiger partial charge is 0.344 e. The lowest BCUT2D eigenvalue weighted by atomic mass is 10.2. The number of thioether (sulfide) groups is 1. The molecule has 0 aromatic heterocycles. The van der Waals surface area contributed by atoms with Gasteiger partial charge in [-0.3, -0.25) is 19.3 Å². The Hall–Kier alpha value is -1.35. The molecule has 1 aromatic carbocycles. The van der Waals surface area contributed by atoms with Crippen molar-refractivity contribution in [3.8, 4) is 5.75 Å². The van der Waals surface area contributed by atoms with Crippen molar-refractivity contribution in [2.24, 2.45) is 0 Å². The van der Waals surface area contributed by atoms with Crippen LogP contribution in [-0.2, 0) is 19.1 Å². The maximum atomic E-state index is 12.7. The summed E-state index contributed by atoms with van der Waals surface area (Å²) in [6.45, 7) is 2.94. The fraction of sp³-hybridized carbons (Fsp3) is 0.400. The molecular formula is C20H20I2N2O6S. The van der Waals surface area contributed by atoms with Gasteiger partial charge in [0.1, 0.15) is 12.3 Å². The lowest BCUT2D eigenvalue weighted by Gasteiger charge is -2.18. The minimum atomic E-state index is -0.463. The van der Waals surface area contributed by atoms with Crippen molar-refractivity contribution in [1.82, 2.24) is 9.80 Å². The fourth-order valence-electron chi connectivity index (χ4n) is 3.12. The molecule has 0 saturated carbocycles. The maximum absolute atomic E-state index is 12.7. The number of hydrogen-bond acceptors (Lipinski definition) is 7. The number of amides is 3. The van der Waals surface area contributed by atoms with Crippen molar-refractivity contribution in [3.05, 3.63) is 29.7 Å². The van der Waals surface area contributed by atoms with E-state index in [1.807, 2.05) is 0 Å². The first-order valence-electron chi connectivity index (χ1n) is 9.60. The molecule has 3 amide bonds. The molecule has 0 spiro atoms. The van der Waals surface area contributed by atoms with Crippen LogP contribution in [0.5, 0.6) is 5.75 Å². The predicted octanol–water partition coefficient (Wildman–Crippen LogP) is 3.50. The number of ether oxygens (including phenoxy) is 2. The van der Waals surface area contributed by atoms with Crippen LogP contribution in [-0.4, -0.2) is 65.7 Å². The summed E-state index contributed by atoms with van der Waals surface area (Å²) in [7, 11) is 0. The van der Waals surface area contributed by atoms with Crippen molar-refractivity contribution in [3.63, 3.8) is 0 Å². The SMILES string of the molecule is CCOC(=O)COc1c(I)cc(/C=C2/SC(=O)N(CC(=O)N3CCCC3)C2=O)cc1I. The van der Waals surface area contributed by atoms with E-state index >= 15 is 0 Å². The van der Waals surface area contributed by atoms with Crippen LogP contribution in [0.25, 0.3) is 6.08 Å². The quantitative estimate of drug-likeness (QED) is 0.249. The number of nitrogens with zero attached hydrogens (tertiary/aromatic N) is 2. The van der Waals surface area contributed by atoms with Crippen LogP contribution >= 0.6 is 56.9 Å².